The van der Waals surface area contributed by atoms with Crippen LogP contribution in [0.1, 0.15) is 10.4 Å². The van der Waals surface area contributed by atoms with Gasteiger partial charge in [0, 0.05) is 36.4 Å². The fourth-order valence-electron chi connectivity index (χ4n) is 2.01. The predicted octanol–water partition coefficient (Wildman–Crippen LogP) is 3.10. The van der Waals surface area contributed by atoms with Crippen LogP contribution in [-0.4, -0.2) is 31.0 Å². The lowest BCUT2D eigenvalue weighted by Crippen LogP contribution is -2.21. The van der Waals surface area contributed by atoms with E-state index in [-0.39, 0.29) is 11.3 Å². The molecule has 7 nitrogen and oxygen atoms in total. The van der Waals surface area contributed by atoms with Crippen molar-refractivity contribution in [3.63, 3.8) is 0 Å². The van der Waals surface area contributed by atoms with E-state index in [9.17, 15) is 14.9 Å². The highest BCUT2D eigenvalue weighted by atomic mass is 35.5. The predicted molar refractivity (Wildman–Crippen MR) is 91.9 cm³/mol. The smallest absolute Gasteiger partial charge is 0.270 e. The first kappa shape index (κ1) is 17.6. The number of hydrogen-bond acceptors (Lipinski definition) is 5. The first-order valence-electron chi connectivity index (χ1n) is 7.14. The lowest BCUT2D eigenvalue weighted by atomic mass is 10.1. The molecular weight excluding hydrogens is 334 g/mol. The zero-order chi connectivity index (χ0) is 17.5. The molecule has 0 bridgehead atoms. The van der Waals surface area contributed by atoms with E-state index in [0.717, 1.165) is 0 Å². The van der Waals surface area contributed by atoms with E-state index < -0.39 is 10.8 Å². The van der Waals surface area contributed by atoms with Crippen LogP contribution < -0.4 is 15.4 Å². The minimum Gasteiger partial charge on any atom is -0.492 e. The third kappa shape index (κ3) is 4.60. The van der Waals surface area contributed by atoms with Crippen LogP contribution in [0, 0.1) is 10.1 Å². The summed E-state index contributed by atoms with van der Waals surface area (Å²) in [6.07, 6.45) is 0. The Morgan fingerprint density at radius 3 is 2.58 bits per heavy atom. The van der Waals surface area contributed by atoms with Crippen LogP contribution in [0.3, 0.4) is 0 Å². The average molecular weight is 350 g/mol. The highest BCUT2D eigenvalue weighted by Crippen LogP contribution is 2.22. The van der Waals surface area contributed by atoms with E-state index in [2.05, 4.69) is 10.6 Å². The molecule has 0 aromatic heterocycles. The van der Waals surface area contributed by atoms with Gasteiger partial charge in [-0.05, 0) is 30.3 Å². The number of anilines is 1. The van der Waals surface area contributed by atoms with Crippen LogP contribution in [0.2, 0.25) is 5.02 Å². The molecular formula is C16H16ClN3O4. The van der Waals surface area contributed by atoms with Crippen LogP contribution in [-0.2, 0) is 0 Å². The number of rotatable bonds is 7. The Hall–Kier alpha value is -2.80. The molecule has 0 heterocycles. The molecule has 0 aliphatic rings. The van der Waals surface area contributed by atoms with Crippen molar-refractivity contribution in [2.75, 3.05) is 25.5 Å². The van der Waals surface area contributed by atoms with E-state index in [0.29, 0.717) is 29.6 Å². The van der Waals surface area contributed by atoms with Gasteiger partial charge in [-0.1, -0.05) is 11.6 Å². The SMILES string of the molecule is CNC(=O)c1cc([N+](=O)[O-])ccc1NCCOc1ccc(Cl)cc1. The molecule has 24 heavy (non-hydrogen) atoms. The topological polar surface area (TPSA) is 93.5 Å². The van der Waals surface area contributed by atoms with Crippen molar-refractivity contribution in [2.45, 2.75) is 0 Å². The summed E-state index contributed by atoms with van der Waals surface area (Å²) >= 11 is 5.80. The second kappa shape index (κ2) is 8.16. The molecule has 0 atom stereocenters. The summed E-state index contributed by atoms with van der Waals surface area (Å²) < 4.78 is 5.54. The number of ether oxygens (including phenoxy) is 1. The summed E-state index contributed by atoms with van der Waals surface area (Å²) in [5.41, 5.74) is 0.564. The van der Waals surface area contributed by atoms with Gasteiger partial charge in [-0.2, -0.15) is 0 Å². The fourth-order valence-corrected chi connectivity index (χ4v) is 2.13. The Labute approximate surface area is 143 Å². The van der Waals surface area contributed by atoms with Gasteiger partial charge in [0.2, 0.25) is 0 Å². The van der Waals surface area contributed by atoms with E-state index >= 15 is 0 Å². The number of amides is 1. The number of nitrogens with zero attached hydrogens (tertiary/aromatic N) is 1. The van der Waals surface area contributed by atoms with Gasteiger partial charge >= 0.3 is 0 Å². The maximum Gasteiger partial charge on any atom is 0.270 e. The Morgan fingerprint density at radius 1 is 1.25 bits per heavy atom. The van der Waals surface area contributed by atoms with Gasteiger partial charge in [-0.3, -0.25) is 14.9 Å². The molecule has 0 unspecified atom stereocenters. The molecule has 2 aromatic carbocycles. The zero-order valence-corrected chi connectivity index (χ0v) is 13.7. The normalized spacial score (nSPS) is 10.1. The van der Waals surface area contributed by atoms with Crippen LogP contribution in [0.5, 0.6) is 5.75 Å². The van der Waals surface area contributed by atoms with Crippen molar-refractivity contribution < 1.29 is 14.5 Å². The van der Waals surface area contributed by atoms with Crippen molar-refractivity contribution in [1.29, 1.82) is 0 Å². The number of nitrogens with one attached hydrogen (secondary N) is 2. The van der Waals surface area contributed by atoms with E-state index in [1.54, 1.807) is 24.3 Å². The van der Waals surface area contributed by atoms with Crippen molar-refractivity contribution in [3.8, 4) is 5.75 Å². The Balaban J connectivity index is 1.99. The van der Waals surface area contributed by atoms with Crippen LogP contribution in [0.15, 0.2) is 42.5 Å². The second-order valence-corrected chi connectivity index (χ2v) is 5.23. The van der Waals surface area contributed by atoms with Crippen molar-refractivity contribution in [2.24, 2.45) is 0 Å². The number of carbonyl (C=O) groups is 1. The van der Waals surface area contributed by atoms with Gasteiger partial charge in [-0.15, -0.1) is 0 Å². The molecule has 0 radical (unpaired) electrons. The third-order valence-corrected chi connectivity index (χ3v) is 3.44. The van der Waals surface area contributed by atoms with Gasteiger partial charge in [-0.25, -0.2) is 0 Å². The van der Waals surface area contributed by atoms with Crippen molar-refractivity contribution >= 4 is 28.9 Å². The molecule has 0 saturated carbocycles. The summed E-state index contributed by atoms with van der Waals surface area (Å²) in [6.45, 7) is 0.774. The minimum absolute atomic E-state index is 0.142. The van der Waals surface area contributed by atoms with Crippen molar-refractivity contribution in [1.82, 2.24) is 5.32 Å². The Morgan fingerprint density at radius 2 is 1.96 bits per heavy atom. The molecule has 0 aliphatic heterocycles. The largest absolute Gasteiger partial charge is 0.492 e. The first-order chi connectivity index (χ1) is 11.5. The second-order valence-electron chi connectivity index (χ2n) is 4.80. The minimum atomic E-state index is -0.542. The lowest BCUT2D eigenvalue weighted by molar-refractivity contribution is -0.384. The molecule has 0 saturated heterocycles. The standard InChI is InChI=1S/C16H16ClN3O4/c1-18-16(21)14-10-12(20(22)23)4-7-15(14)19-8-9-24-13-5-2-11(17)3-6-13/h2-7,10,19H,8-9H2,1H3,(H,18,21). The van der Waals surface area contributed by atoms with E-state index in [4.69, 9.17) is 16.3 Å². The summed E-state index contributed by atoms with van der Waals surface area (Å²) in [6, 6.07) is 11.0. The first-order valence-corrected chi connectivity index (χ1v) is 7.52. The number of non-ortho nitro benzene ring substituents is 1. The summed E-state index contributed by atoms with van der Waals surface area (Å²) in [5.74, 6) is 0.274. The number of hydrogen-bond donors (Lipinski definition) is 2. The van der Waals surface area contributed by atoms with Gasteiger partial charge in [0.15, 0.2) is 0 Å². The molecule has 1 amide bonds. The van der Waals surface area contributed by atoms with E-state index in [1.807, 2.05) is 0 Å². The molecule has 2 aromatic rings. The summed E-state index contributed by atoms with van der Waals surface area (Å²) in [7, 11) is 1.47. The molecule has 126 valence electrons. The van der Waals surface area contributed by atoms with Crippen molar-refractivity contribution in [3.05, 3.63) is 63.2 Å². The maximum absolute atomic E-state index is 11.9. The summed E-state index contributed by atoms with van der Waals surface area (Å²) in [5, 5.41) is 17.0. The third-order valence-electron chi connectivity index (χ3n) is 3.19. The van der Waals surface area contributed by atoms with Gasteiger partial charge in [0.25, 0.3) is 11.6 Å². The Bertz CT molecular complexity index is 735. The van der Waals surface area contributed by atoms with E-state index in [1.165, 1.54) is 25.2 Å². The lowest BCUT2D eigenvalue weighted by Gasteiger charge is -2.12. The number of carbonyl (C=O) groups excluding carboxylic acids is 1. The Kier molecular flexibility index (Phi) is 5.97. The number of benzene rings is 2. The highest BCUT2D eigenvalue weighted by molar-refractivity contribution is 6.30. The van der Waals surface area contributed by atoms with Crippen LogP contribution >= 0.6 is 11.6 Å². The number of halogens is 1. The maximum atomic E-state index is 11.9. The van der Waals surface area contributed by atoms with Crippen LogP contribution in [0.25, 0.3) is 0 Å². The average Bonchev–Trinajstić information content (AvgIpc) is 2.59. The summed E-state index contributed by atoms with van der Waals surface area (Å²) in [4.78, 5) is 22.2. The highest BCUT2D eigenvalue weighted by Gasteiger charge is 2.15. The zero-order valence-electron chi connectivity index (χ0n) is 12.9. The molecule has 0 fully saturated rings. The molecule has 0 aliphatic carbocycles. The molecule has 8 heteroatoms. The van der Waals surface area contributed by atoms with Gasteiger partial charge in [0.05, 0.1) is 10.5 Å². The number of nitro groups is 1. The fraction of sp³-hybridized carbons (Fsp3) is 0.188. The van der Waals surface area contributed by atoms with Gasteiger partial charge in [0.1, 0.15) is 12.4 Å². The van der Waals surface area contributed by atoms with Gasteiger partial charge < -0.3 is 15.4 Å². The quantitative estimate of drug-likeness (QED) is 0.455. The monoisotopic (exact) mass is 349 g/mol. The molecule has 2 rings (SSSR count). The number of nitro benzene ring substituents is 1. The van der Waals surface area contributed by atoms with Crippen LogP contribution in [0.4, 0.5) is 11.4 Å². The molecule has 2 N–H and O–H groups in total. The molecule has 0 spiro atoms.